The van der Waals surface area contributed by atoms with Crippen LogP contribution in [0.2, 0.25) is 0 Å². The Bertz CT molecular complexity index is 416. The molecule has 0 aliphatic heterocycles. The second-order valence-corrected chi connectivity index (χ2v) is 6.11. The fraction of sp³-hybridized carbons (Fsp3) is 0.533. The van der Waals surface area contributed by atoms with Crippen LogP contribution >= 0.6 is 11.8 Å². The molecule has 0 aromatic heterocycles. The van der Waals surface area contributed by atoms with Gasteiger partial charge in [0.15, 0.2) is 0 Å². The maximum Gasteiger partial charge on any atom is 0.221 e. The molecule has 0 heterocycles. The summed E-state index contributed by atoms with van der Waals surface area (Å²) in [6.45, 7) is 0. The summed E-state index contributed by atoms with van der Waals surface area (Å²) in [7, 11) is 0. The normalized spacial score (nSPS) is 16.2. The van der Waals surface area contributed by atoms with Gasteiger partial charge in [-0.1, -0.05) is 31.4 Å². The van der Waals surface area contributed by atoms with E-state index in [4.69, 9.17) is 0 Å². The molecule has 1 aliphatic rings. The minimum Gasteiger partial charge on any atom is -0.507 e. The van der Waals surface area contributed by atoms with E-state index in [0.717, 1.165) is 17.7 Å². The van der Waals surface area contributed by atoms with Gasteiger partial charge in [-0.2, -0.15) is 0 Å². The first-order valence-electron chi connectivity index (χ1n) is 6.96. The summed E-state index contributed by atoms with van der Waals surface area (Å²) < 4.78 is 0. The zero-order valence-corrected chi connectivity index (χ0v) is 11.9. The number of carbonyl (C=O) groups excluding carboxylic acids is 1. The monoisotopic (exact) mass is 279 g/mol. The number of benzene rings is 1. The molecule has 2 rings (SSSR count). The second-order valence-electron chi connectivity index (χ2n) is 4.97. The largest absolute Gasteiger partial charge is 0.507 e. The third kappa shape index (κ3) is 4.78. The molecule has 1 aromatic rings. The van der Waals surface area contributed by atoms with Crippen LogP contribution in [0.15, 0.2) is 29.2 Å². The summed E-state index contributed by atoms with van der Waals surface area (Å²) in [5.74, 6) is 1.13. The van der Waals surface area contributed by atoms with Crippen molar-refractivity contribution in [2.24, 2.45) is 0 Å². The molecule has 19 heavy (non-hydrogen) atoms. The van der Waals surface area contributed by atoms with Crippen LogP contribution in [0.25, 0.3) is 0 Å². The lowest BCUT2D eigenvalue weighted by Crippen LogP contribution is -2.36. The summed E-state index contributed by atoms with van der Waals surface area (Å²) in [5, 5.41) is 12.7. The van der Waals surface area contributed by atoms with E-state index in [1.807, 2.05) is 12.1 Å². The highest BCUT2D eigenvalue weighted by molar-refractivity contribution is 7.99. The smallest absolute Gasteiger partial charge is 0.221 e. The van der Waals surface area contributed by atoms with E-state index in [1.165, 1.54) is 31.0 Å². The molecule has 4 heteroatoms. The van der Waals surface area contributed by atoms with Crippen LogP contribution < -0.4 is 5.32 Å². The van der Waals surface area contributed by atoms with Gasteiger partial charge in [-0.15, -0.1) is 11.8 Å². The SMILES string of the molecule is O=C(CCSc1ccccc1O)NC1CCCCC1. The third-order valence-corrected chi connectivity index (χ3v) is 4.49. The van der Waals surface area contributed by atoms with Gasteiger partial charge in [-0.3, -0.25) is 4.79 Å². The van der Waals surface area contributed by atoms with E-state index in [0.29, 0.717) is 24.0 Å². The molecule has 0 atom stereocenters. The number of rotatable bonds is 5. The lowest BCUT2D eigenvalue weighted by Gasteiger charge is -2.22. The van der Waals surface area contributed by atoms with Crippen molar-refractivity contribution in [1.29, 1.82) is 0 Å². The number of aromatic hydroxyl groups is 1. The van der Waals surface area contributed by atoms with Gasteiger partial charge in [0.2, 0.25) is 5.91 Å². The van der Waals surface area contributed by atoms with Crippen LogP contribution in [-0.4, -0.2) is 22.8 Å². The lowest BCUT2D eigenvalue weighted by molar-refractivity contribution is -0.121. The lowest BCUT2D eigenvalue weighted by atomic mass is 9.95. The number of phenolic OH excluding ortho intramolecular Hbond substituents is 1. The number of amides is 1. The summed E-state index contributed by atoms with van der Waals surface area (Å²) in [4.78, 5) is 12.6. The Morgan fingerprint density at radius 3 is 2.74 bits per heavy atom. The Labute approximate surface area is 118 Å². The highest BCUT2D eigenvalue weighted by Crippen LogP contribution is 2.28. The molecule has 1 fully saturated rings. The van der Waals surface area contributed by atoms with Crippen LogP contribution in [-0.2, 0) is 4.79 Å². The number of phenols is 1. The van der Waals surface area contributed by atoms with E-state index in [9.17, 15) is 9.90 Å². The minimum atomic E-state index is 0.134. The first-order chi connectivity index (χ1) is 9.25. The van der Waals surface area contributed by atoms with Gasteiger partial charge < -0.3 is 10.4 Å². The van der Waals surface area contributed by atoms with Crippen LogP contribution in [0.1, 0.15) is 38.5 Å². The van der Waals surface area contributed by atoms with Crippen LogP contribution in [0.3, 0.4) is 0 Å². The van der Waals surface area contributed by atoms with Crippen molar-refractivity contribution in [2.75, 3.05) is 5.75 Å². The van der Waals surface area contributed by atoms with Gasteiger partial charge in [0, 0.05) is 23.1 Å². The molecule has 0 spiro atoms. The Morgan fingerprint density at radius 1 is 1.26 bits per heavy atom. The highest BCUT2D eigenvalue weighted by atomic mass is 32.2. The molecular weight excluding hydrogens is 258 g/mol. The van der Waals surface area contributed by atoms with E-state index in [1.54, 1.807) is 12.1 Å². The van der Waals surface area contributed by atoms with Crippen molar-refractivity contribution >= 4 is 17.7 Å². The molecule has 0 bridgehead atoms. The van der Waals surface area contributed by atoms with Crippen molar-refractivity contribution in [3.8, 4) is 5.75 Å². The number of thioether (sulfide) groups is 1. The predicted octanol–water partition coefficient (Wildman–Crippen LogP) is 3.32. The number of carbonyl (C=O) groups is 1. The van der Waals surface area contributed by atoms with E-state index in [-0.39, 0.29) is 5.91 Å². The Morgan fingerprint density at radius 2 is 2.00 bits per heavy atom. The average Bonchev–Trinajstić information content (AvgIpc) is 2.42. The van der Waals surface area contributed by atoms with Gasteiger partial charge in [0.25, 0.3) is 0 Å². The zero-order chi connectivity index (χ0) is 13.5. The standard InChI is InChI=1S/C15H21NO2S/c17-13-8-4-5-9-14(13)19-11-10-15(18)16-12-6-2-1-3-7-12/h4-5,8-9,12,17H,1-3,6-7,10-11H2,(H,16,18). The molecule has 1 aliphatic carbocycles. The van der Waals surface area contributed by atoms with Crippen molar-refractivity contribution in [1.82, 2.24) is 5.32 Å². The minimum absolute atomic E-state index is 0.134. The molecule has 1 saturated carbocycles. The molecule has 2 N–H and O–H groups in total. The second kappa shape index (κ2) is 7.43. The first kappa shape index (κ1) is 14.3. The molecule has 0 radical (unpaired) electrons. The maximum atomic E-state index is 11.8. The highest BCUT2D eigenvalue weighted by Gasteiger charge is 2.15. The number of nitrogens with one attached hydrogen (secondary N) is 1. The summed E-state index contributed by atoms with van der Waals surface area (Å²) in [6, 6.07) is 7.62. The average molecular weight is 279 g/mol. The maximum absolute atomic E-state index is 11.8. The number of para-hydroxylation sites is 1. The molecule has 1 aromatic carbocycles. The van der Waals surface area contributed by atoms with Gasteiger partial charge in [-0.25, -0.2) is 0 Å². The molecular formula is C15H21NO2S. The predicted molar refractivity (Wildman–Crippen MR) is 78.5 cm³/mol. The van der Waals surface area contributed by atoms with Crippen LogP contribution in [0.4, 0.5) is 0 Å². The van der Waals surface area contributed by atoms with Gasteiger partial charge in [0.05, 0.1) is 0 Å². The summed E-state index contributed by atoms with van der Waals surface area (Å²) in [5.41, 5.74) is 0. The summed E-state index contributed by atoms with van der Waals surface area (Å²) in [6.07, 6.45) is 6.52. The van der Waals surface area contributed by atoms with Gasteiger partial charge in [-0.05, 0) is 25.0 Å². The van der Waals surface area contributed by atoms with Crippen LogP contribution in [0, 0.1) is 0 Å². The quantitative estimate of drug-likeness (QED) is 0.813. The van der Waals surface area contributed by atoms with E-state index in [2.05, 4.69) is 5.32 Å². The molecule has 0 saturated heterocycles. The van der Waals surface area contributed by atoms with Gasteiger partial charge >= 0.3 is 0 Å². The van der Waals surface area contributed by atoms with Gasteiger partial charge in [0.1, 0.15) is 5.75 Å². The topological polar surface area (TPSA) is 49.3 Å². The fourth-order valence-corrected chi connectivity index (χ4v) is 3.28. The first-order valence-corrected chi connectivity index (χ1v) is 7.94. The molecule has 0 unspecified atom stereocenters. The number of hydrogen-bond donors (Lipinski definition) is 2. The Balaban J connectivity index is 1.67. The Hall–Kier alpha value is -1.16. The summed E-state index contributed by atoms with van der Waals surface area (Å²) >= 11 is 1.53. The van der Waals surface area contributed by atoms with E-state index >= 15 is 0 Å². The molecule has 3 nitrogen and oxygen atoms in total. The molecule has 104 valence electrons. The van der Waals surface area contributed by atoms with Crippen LogP contribution in [0.5, 0.6) is 5.75 Å². The van der Waals surface area contributed by atoms with Crippen molar-refractivity contribution in [3.05, 3.63) is 24.3 Å². The van der Waals surface area contributed by atoms with Crippen molar-refractivity contribution in [3.63, 3.8) is 0 Å². The fourth-order valence-electron chi connectivity index (χ4n) is 2.38. The number of hydrogen-bond acceptors (Lipinski definition) is 3. The van der Waals surface area contributed by atoms with Crippen molar-refractivity contribution < 1.29 is 9.90 Å². The zero-order valence-electron chi connectivity index (χ0n) is 11.1. The van der Waals surface area contributed by atoms with E-state index < -0.39 is 0 Å². The Kier molecular flexibility index (Phi) is 5.58. The third-order valence-electron chi connectivity index (χ3n) is 3.42. The van der Waals surface area contributed by atoms with Crippen molar-refractivity contribution in [2.45, 2.75) is 49.5 Å². The molecule has 1 amide bonds.